The number of aryl methyl sites for hydroxylation is 1. The minimum atomic E-state index is -0.517. The first-order valence-corrected chi connectivity index (χ1v) is 9.56. The van der Waals surface area contributed by atoms with E-state index in [9.17, 15) is 19.7 Å². The van der Waals surface area contributed by atoms with Crippen LogP contribution >= 0.6 is 0 Å². The molecule has 2 aromatic rings. The second-order valence-electron chi connectivity index (χ2n) is 7.37. The van der Waals surface area contributed by atoms with Crippen molar-refractivity contribution in [1.82, 2.24) is 5.32 Å². The highest BCUT2D eigenvalue weighted by Crippen LogP contribution is 2.21. The number of benzene rings is 2. The molecule has 0 saturated heterocycles. The number of hydrogen-bond donors (Lipinski definition) is 3. The van der Waals surface area contributed by atoms with Crippen LogP contribution in [0.25, 0.3) is 0 Å². The van der Waals surface area contributed by atoms with E-state index in [0.29, 0.717) is 16.8 Å². The van der Waals surface area contributed by atoms with Crippen LogP contribution in [0.3, 0.4) is 0 Å². The number of amides is 2. The normalized spacial score (nSPS) is 18.7. The summed E-state index contributed by atoms with van der Waals surface area (Å²) in [4.78, 5) is 35.1. The third-order valence-electron chi connectivity index (χ3n) is 5.18. The number of nitrogens with zero attached hydrogens (tertiary/aromatic N) is 1. The highest BCUT2D eigenvalue weighted by molar-refractivity contribution is 6.05. The van der Waals surface area contributed by atoms with Gasteiger partial charge in [-0.15, -0.1) is 0 Å². The first-order chi connectivity index (χ1) is 13.8. The number of nitro benzene ring substituents is 1. The lowest BCUT2D eigenvalue weighted by Crippen LogP contribution is -2.40. The predicted octanol–water partition coefficient (Wildman–Crippen LogP) is 3.16. The summed E-state index contributed by atoms with van der Waals surface area (Å²) >= 11 is 0. The molecule has 1 saturated carbocycles. The molecule has 2 aromatic carbocycles. The van der Waals surface area contributed by atoms with Gasteiger partial charge in [-0.05, 0) is 68.5 Å². The molecule has 3 rings (SSSR count). The molecule has 0 aliphatic heterocycles. The Morgan fingerprint density at radius 2 is 1.62 bits per heavy atom. The summed E-state index contributed by atoms with van der Waals surface area (Å²) in [7, 11) is 0. The van der Waals surface area contributed by atoms with E-state index in [-0.39, 0.29) is 29.6 Å². The standard InChI is InChI=1S/C21H24N4O4/c1-13-12-15(21(27)23-17-7-5-16(22)6-8-17)4-11-19(13)24-20(26)14-2-9-18(10-3-14)25(28)29/h2-4,9-12,16-17H,5-8,22H2,1H3,(H,23,27)(H,24,26). The number of nitrogens with two attached hydrogens (primary N) is 1. The predicted molar refractivity (Wildman–Crippen MR) is 110 cm³/mol. The summed E-state index contributed by atoms with van der Waals surface area (Å²) < 4.78 is 0. The second kappa shape index (κ2) is 8.83. The van der Waals surface area contributed by atoms with E-state index in [4.69, 9.17) is 5.73 Å². The highest BCUT2D eigenvalue weighted by atomic mass is 16.6. The molecule has 4 N–H and O–H groups in total. The van der Waals surface area contributed by atoms with E-state index in [1.165, 1.54) is 24.3 Å². The lowest BCUT2D eigenvalue weighted by atomic mass is 9.91. The zero-order valence-corrected chi connectivity index (χ0v) is 16.2. The van der Waals surface area contributed by atoms with E-state index in [1.807, 2.05) is 6.92 Å². The molecule has 0 unspecified atom stereocenters. The number of carbonyl (C=O) groups excluding carboxylic acids is 2. The number of nitrogens with one attached hydrogen (secondary N) is 2. The topological polar surface area (TPSA) is 127 Å². The number of anilines is 1. The van der Waals surface area contributed by atoms with Crippen LogP contribution in [0.1, 0.15) is 52.0 Å². The average Bonchev–Trinajstić information content (AvgIpc) is 2.71. The Morgan fingerprint density at radius 3 is 2.21 bits per heavy atom. The van der Waals surface area contributed by atoms with Gasteiger partial charge >= 0.3 is 0 Å². The molecule has 0 aromatic heterocycles. The summed E-state index contributed by atoms with van der Waals surface area (Å²) in [6, 6.07) is 10.8. The molecule has 0 bridgehead atoms. The van der Waals surface area contributed by atoms with Gasteiger partial charge in [0.15, 0.2) is 0 Å². The van der Waals surface area contributed by atoms with Gasteiger partial charge in [0.05, 0.1) is 4.92 Å². The Hall–Kier alpha value is -3.26. The Morgan fingerprint density at radius 1 is 1.00 bits per heavy atom. The molecule has 8 heteroatoms. The van der Waals surface area contributed by atoms with Gasteiger partial charge in [-0.1, -0.05) is 0 Å². The van der Waals surface area contributed by atoms with Gasteiger partial charge in [0.2, 0.25) is 0 Å². The summed E-state index contributed by atoms with van der Waals surface area (Å²) in [5.74, 6) is -0.513. The van der Waals surface area contributed by atoms with Gasteiger partial charge in [0.1, 0.15) is 0 Å². The molecule has 1 aliphatic rings. The minimum absolute atomic E-state index is 0.0759. The van der Waals surface area contributed by atoms with Crippen LogP contribution in [0.2, 0.25) is 0 Å². The monoisotopic (exact) mass is 396 g/mol. The second-order valence-corrected chi connectivity index (χ2v) is 7.37. The smallest absolute Gasteiger partial charge is 0.269 e. The molecular weight excluding hydrogens is 372 g/mol. The van der Waals surface area contributed by atoms with Crippen LogP contribution in [0, 0.1) is 17.0 Å². The molecule has 2 amide bonds. The average molecular weight is 396 g/mol. The van der Waals surface area contributed by atoms with Crippen molar-refractivity contribution in [1.29, 1.82) is 0 Å². The van der Waals surface area contributed by atoms with E-state index in [0.717, 1.165) is 31.2 Å². The maximum atomic E-state index is 12.5. The fraction of sp³-hybridized carbons (Fsp3) is 0.333. The molecule has 0 radical (unpaired) electrons. The van der Waals surface area contributed by atoms with Gasteiger partial charge in [-0.3, -0.25) is 19.7 Å². The van der Waals surface area contributed by atoms with Gasteiger partial charge in [0.25, 0.3) is 17.5 Å². The lowest BCUT2D eigenvalue weighted by Gasteiger charge is -2.26. The Kier molecular flexibility index (Phi) is 6.23. The molecule has 29 heavy (non-hydrogen) atoms. The van der Waals surface area contributed by atoms with Gasteiger partial charge in [0, 0.05) is 41.0 Å². The van der Waals surface area contributed by atoms with Crippen molar-refractivity contribution < 1.29 is 14.5 Å². The van der Waals surface area contributed by atoms with Crippen molar-refractivity contribution in [3.63, 3.8) is 0 Å². The number of carbonyl (C=O) groups is 2. The van der Waals surface area contributed by atoms with Crippen LogP contribution in [-0.2, 0) is 0 Å². The first kappa shape index (κ1) is 20.5. The SMILES string of the molecule is Cc1cc(C(=O)NC2CCC(N)CC2)ccc1NC(=O)c1ccc([N+](=O)[O-])cc1. The van der Waals surface area contributed by atoms with Crippen LogP contribution in [0.5, 0.6) is 0 Å². The van der Waals surface area contributed by atoms with Crippen molar-refractivity contribution in [3.8, 4) is 0 Å². The maximum absolute atomic E-state index is 12.5. The first-order valence-electron chi connectivity index (χ1n) is 9.56. The van der Waals surface area contributed by atoms with Crippen LogP contribution in [0.4, 0.5) is 11.4 Å². The fourth-order valence-corrected chi connectivity index (χ4v) is 3.41. The molecular formula is C21H24N4O4. The summed E-state index contributed by atoms with van der Waals surface area (Å²) in [5.41, 5.74) is 8.00. The zero-order valence-electron chi connectivity index (χ0n) is 16.2. The van der Waals surface area contributed by atoms with Crippen LogP contribution in [0.15, 0.2) is 42.5 Å². The number of rotatable bonds is 5. The number of non-ortho nitro benzene ring substituents is 1. The fourth-order valence-electron chi connectivity index (χ4n) is 3.41. The van der Waals surface area contributed by atoms with Gasteiger partial charge < -0.3 is 16.4 Å². The maximum Gasteiger partial charge on any atom is 0.269 e. The van der Waals surface area contributed by atoms with E-state index in [1.54, 1.807) is 18.2 Å². The molecule has 0 spiro atoms. The number of hydrogen-bond acceptors (Lipinski definition) is 5. The van der Waals surface area contributed by atoms with Crippen molar-refractivity contribution in [2.75, 3.05) is 5.32 Å². The van der Waals surface area contributed by atoms with Crippen molar-refractivity contribution >= 4 is 23.2 Å². The van der Waals surface area contributed by atoms with E-state index >= 15 is 0 Å². The van der Waals surface area contributed by atoms with E-state index in [2.05, 4.69) is 10.6 Å². The lowest BCUT2D eigenvalue weighted by molar-refractivity contribution is -0.384. The molecule has 8 nitrogen and oxygen atoms in total. The third kappa shape index (κ3) is 5.17. The van der Waals surface area contributed by atoms with E-state index < -0.39 is 4.92 Å². The molecule has 0 heterocycles. The third-order valence-corrected chi connectivity index (χ3v) is 5.18. The molecule has 0 atom stereocenters. The summed E-state index contributed by atoms with van der Waals surface area (Å²) in [6.45, 7) is 1.81. The van der Waals surface area contributed by atoms with Gasteiger partial charge in [-0.2, -0.15) is 0 Å². The Labute approximate surface area is 168 Å². The zero-order chi connectivity index (χ0) is 21.0. The molecule has 152 valence electrons. The summed E-state index contributed by atoms with van der Waals surface area (Å²) in [6.07, 6.45) is 3.60. The van der Waals surface area contributed by atoms with Crippen molar-refractivity contribution in [3.05, 3.63) is 69.3 Å². The van der Waals surface area contributed by atoms with Crippen molar-refractivity contribution in [2.24, 2.45) is 5.73 Å². The summed E-state index contributed by atoms with van der Waals surface area (Å²) in [5, 5.41) is 16.5. The van der Waals surface area contributed by atoms with Gasteiger partial charge in [-0.25, -0.2) is 0 Å². The Bertz CT molecular complexity index is 919. The Balaban J connectivity index is 1.63. The quantitative estimate of drug-likeness (QED) is 0.528. The van der Waals surface area contributed by atoms with Crippen molar-refractivity contribution in [2.45, 2.75) is 44.7 Å². The molecule has 1 fully saturated rings. The van der Waals surface area contributed by atoms with Crippen LogP contribution in [-0.4, -0.2) is 28.8 Å². The number of nitro groups is 1. The highest BCUT2D eigenvalue weighted by Gasteiger charge is 2.21. The molecule has 1 aliphatic carbocycles. The van der Waals surface area contributed by atoms with Crippen LogP contribution < -0.4 is 16.4 Å². The largest absolute Gasteiger partial charge is 0.349 e. The minimum Gasteiger partial charge on any atom is -0.349 e.